The third-order valence-electron chi connectivity index (χ3n) is 2.41. The second-order valence-electron chi connectivity index (χ2n) is 3.18. The molecule has 1 aromatic rings. The average molecular weight is 144 g/mol. The Kier molecular flexibility index (Phi) is 0.844. The van der Waals surface area contributed by atoms with Gasteiger partial charge in [-0.25, -0.2) is 0 Å². The summed E-state index contributed by atoms with van der Waals surface area (Å²) in [6.45, 7) is 0. The van der Waals surface area contributed by atoms with Gasteiger partial charge in [0.25, 0.3) is 0 Å². The van der Waals surface area contributed by atoms with E-state index in [1.807, 2.05) is 12.1 Å². The number of rotatable bonds is 0. The van der Waals surface area contributed by atoms with Crippen molar-refractivity contribution in [1.29, 1.82) is 0 Å². The summed E-state index contributed by atoms with van der Waals surface area (Å²) in [4.78, 5) is 0. The van der Waals surface area contributed by atoms with Crippen LogP contribution in [0.15, 0.2) is 34.5 Å². The summed E-state index contributed by atoms with van der Waals surface area (Å²) < 4.78 is 0. The monoisotopic (exact) mass is 144 g/mol. The van der Waals surface area contributed by atoms with Crippen LogP contribution in [-0.2, 0) is 0 Å². The van der Waals surface area contributed by atoms with Crippen LogP contribution in [0.1, 0.15) is 17.9 Å². The van der Waals surface area contributed by atoms with E-state index in [1.165, 1.54) is 12.0 Å². The Labute approximate surface area is 65.0 Å². The fourth-order valence-electron chi connectivity index (χ4n) is 1.67. The van der Waals surface area contributed by atoms with E-state index in [0.29, 0.717) is 12.0 Å². The van der Waals surface area contributed by atoms with Gasteiger partial charge >= 0.3 is 0 Å². The highest BCUT2D eigenvalue weighted by atomic mass is 15.2. The molecule has 1 aliphatic carbocycles. The zero-order valence-corrected chi connectivity index (χ0v) is 6.07. The number of benzene rings is 1. The summed E-state index contributed by atoms with van der Waals surface area (Å²) in [7, 11) is 0. The molecule has 0 radical (unpaired) electrons. The van der Waals surface area contributed by atoms with Crippen molar-refractivity contribution in [2.75, 3.05) is 0 Å². The number of hydrogen-bond acceptors (Lipinski definition) is 2. The highest BCUT2D eigenvalue weighted by molar-refractivity contribution is 5.51. The predicted octanol–water partition coefficient (Wildman–Crippen LogP) is 2.64. The maximum absolute atomic E-state index is 4.17. The van der Waals surface area contributed by atoms with E-state index in [4.69, 9.17) is 0 Å². The summed E-state index contributed by atoms with van der Waals surface area (Å²) in [6, 6.07) is 8.81. The van der Waals surface area contributed by atoms with Crippen molar-refractivity contribution in [3.8, 4) is 0 Å². The van der Waals surface area contributed by atoms with E-state index in [9.17, 15) is 0 Å². The van der Waals surface area contributed by atoms with Gasteiger partial charge in [-0.15, -0.1) is 0 Å². The molecule has 1 fully saturated rings. The molecule has 3 rings (SSSR count). The van der Waals surface area contributed by atoms with E-state index >= 15 is 0 Å². The Morgan fingerprint density at radius 3 is 3.18 bits per heavy atom. The molecule has 0 spiro atoms. The molecule has 2 nitrogen and oxygen atoms in total. The largest absolute Gasteiger partial charge is 0.185 e. The molecule has 0 bridgehead atoms. The van der Waals surface area contributed by atoms with Gasteiger partial charge in [-0.2, -0.15) is 10.2 Å². The van der Waals surface area contributed by atoms with Gasteiger partial charge in [-0.1, -0.05) is 18.2 Å². The van der Waals surface area contributed by atoms with Crippen LogP contribution in [-0.4, -0.2) is 6.04 Å². The number of azo groups is 1. The molecule has 0 N–H and O–H groups in total. The van der Waals surface area contributed by atoms with Crippen molar-refractivity contribution >= 4 is 5.69 Å². The van der Waals surface area contributed by atoms with Crippen molar-refractivity contribution in [2.24, 2.45) is 10.2 Å². The molecule has 1 heterocycles. The average Bonchev–Trinajstić information content (AvgIpc) is 2.83. The Morgan fingerprint density at radius 1 is 1.27 bits per heavy atom. The van der Waals surface area contributed by atoms with Crippen LogP contribution in [0, 0.1) is 0 Å². The first-order valence-electron chi connectivity index (χ1n) is 3.95. The van der Waals surface area contributed by atoms with Gasteiger partial charge in [0, 0.05) is 5.92 Å². The van der Waals surface area contributed by atoms with E-state index < -0.39 is 0 Å². The van der Waals surface area contributed by atoms with Crippen LogP contribution in [0.3, 0.4) is 0 Å². The van der Waals surface area contributed by atoms with Gasteiger partial charge in [-0.3, -0.25) is 0 Å². The summed E-state index contributed by atoms with van der Waals surface area (Å²) in [6.07, 6.45) is 1.21. The molecule has 2 aliphatic rings. The normalized spacial score (nSPS) is 30.9. The minimum absolute atomic E-state index is 0.518. The van der Waals surface area contributed by atoms with Crippen LogP contribution in [0.2, 0.25) is 0 Å². The van der Waals surface area contributed by atoms with Gasteiger partial charge in [-0.05, 0) is 18.1 Å². The molecule has 1 aliphatic heterocycles. The molecule has 11 heavy (non-hydrogen) atoms. The number of hydrogen-bond donors (Lipinski definition) is 0. The Morgan fingerprint density at radius 2 is 2.18 bits per heavy atom. The van der Waals surface area contributed by atoms with Crippen LogP contribution in [0.5, 0.6) is 0 Å². The maximum Gasteiger partial charge on any atom is 0.0888 e. The molecule has 1 saturated carbocycles. The summed E-state index contributed by atoms with van der Waals surface area (Å²) in [5.41, 5.74) is 2.47. The van der Waals surface area contributed by atoms with E-state index in [0.717, 1.165) is 5.69 Å². The van der Waals surface area contributed by atoms with Crippen molar-refractivity contribution in [2.45, 2.75) is 18.4 Å². The lowest BCUT2D eigenvalue weighted by molar-refractivity contribution is 0.874. The summed E-state index contributed by atoms with van der Waals surface area (Å²) in [5, 5.41) is 8.31. The van der Waals surface area contributed by atoms with E-state index in [2.05, 4.69) is 22.4 Å². The highest BCUT2D eigenvalue weighted by Gasteiger charge is 2.42. The van der Waals surface area contributed by atoms with Gasteiger partial charge < -0.3 is 0 Å². The van der Waals surface area contributed by atoms with Gasteiger partial charge in [0.05, 0.1) is 11.7 Å². The zero-order chi connectivity index (χ0) is 7.26. The fraction of sp³-hybridized carbons (Fsp3) is 0.333. The second kappa shape index (κ2) is 1.70. The van der Waals surface area contributed by atoms with Gasteiger partial charge in [0.2, 0.25) is 0 Å². The summed E-state index contributed by atoms with van der Waals surface area (Å²) in [5.74, 6) is 0.698. The number of fused-ring (bicyclic) bond motifs is 3. The maximum atomic E-state index is 4.17. The Hall–Kier alpha value is -1.18. The molecule has 0 amide bonds. The van der Waals surface area contributed by atoms with Crippen molar-refractivity contribution in [3.63, 3.8) is 0 Å². The third kappa shape index (κ3) is 0.666. The van der Waals surface area contributed by atoms with Crippen LogP contribution in [0.25, 0.3) is 0 Å². The smallest absolute Gasteiger partial charge is 0.0888 e. The van der Waals surface area contributed by atoms with Crippen molar-refractivity contribution in [3.05, 3.63) is 29.8 Å². The molecule has 0 saturated heterocycles. The molecule has 54 valence electrons. The Bertz CT molecular complexity index is 330. The minimum atomic E-state index is 0.518. The highest BCUT2D eigenvalue weighted by Crippen LogP contribution is 2.50. The van der Waals surface area contributed by atoms with Crippen molar-refractivity contribution < 1.29 is 0 Å². The van der Waals surface area contributed by atoms with Crippen LogP contribution < -0.4 is 0 Å². The van der Waals surface area contributed by atoms with Crippen molar-refractivity contribution in [1.82, 2.24) is 0 Å². The molecule has 1 aromatic carbocycles. The first-order valence-corrected chi connectivity index (χ1v) is 3.95. The Balaban J connectivity index is 2.24. The number of nitrogens with zero attached hydrogens (tertiary/aromatic N) is 2. The molecular formula is C9H8N2. The summed E-state index contributed by atoms with van der Waals surface area (Å²) >= 11 is 0. The fourth-order valence-corrected chi connectivity index (χ4v) is 1.67. The molecule has 2 heteroatoms. The van der Waals surface area contributed by atoms with Crippen LogP contribution >= 0.6 is 0 Å². The molecule has 0 aromatic heterocycles. The lowest BCUT2D eigenvalue weighted by Gasteiger charge is -2.05. The zero-order valence-electron chi connectivity index (χ0n) is 6.07. The van der Waals surface area contributed by atoms with Crippen LogP contribution in [0.4, 0.5) is 5.69 Å². The third-order valence-corrected chi connectivity index (χ3v) is 2.41. The second-order valence-corrected chi connectivity index (χ2v) is 3.18. The molecule has 2 atom stereocenters. The SMILES string of the molecule is c1ccc2c(c1)N=N[C@H]1C[C@@H]21. The molecule has 0 unspecified atom stereocenters. The minimum Gasteiger partial charge on any atom is -0.185 e. The lowest BCUT2D eigenvalue weighted by atomic mass is 10.1. The first kappa shape index (κ1) is 5.47. The topological polar surface area (TPSA) is 24.7 Å². The van der Waals surface area contributed by atoms with Gasteiger partial charge in [0.1, 0.15) is 0 Å². The van der Waals surface area contributed by atoms with Gasteiger partial charge in [0.15, 0.2) is 0 Å². The predicted molar refractivity (Wildman–Crippen MR) is 42.1 cm³/mol. The van der Waals surface area contributed by atoms with E-state index in [-0.39, 0.29) is 0 Å². The first-order chi connectivity index (χ1) is 5.45. The quantitative estimate of drug-likeness (QED) is 0.534. The molecular weight excluding hydrogens is 136 g/mol. The lowest BCUT2D eigenvalue weighted by Crippen LogP contribution is -1.89. The standard InChI is InChI=1S/C9H8N2/c1-2-4-8-6(3-1)7-5-9(7)11-10-8/h1-4,7,9H,5H2/t7-,9-/m0/s1. The van der Waals surface area contributed by atoms with E-state index in [1.54, 1.807) is 0 Å².